The van der Waals surface area contributed by atoms with Gasteiger partial charge in [-0.1, -0.05) is 13.8 Å². The van der Waals surface area contributed by atoms with Gasteiger partial charge in [0.25, 0.3) is 11.6 Å². The average Bonchev–Trinajstić information content (AvgIpc) is 2.42. The standard InChI is InChI=1S/C14H19FN2O4/c1-14(2,4-3-5-18)9-16-13(19)10-6-11(15)8-12(7-10)17(20)21/h6-8,18H,3-5,9H2,1-2H3,(H,16,19). The summed E-state index contributed by atoms with van der Waals surface area (Å²) in [5, 5.41) is 22.1. The van der Waals surface area contributed by atoms with Crippen LogP contribution in [0.5, 0.6) is 0 Å². The van der Waals surface area contributed by atoms with Crippen LogP contribution in [0.4, 0.5) is 10.1 Å². The maximum atomic E-state index is 13.3. The first-order valence-electron chi connectivity index (χ1n) is 6.59. The van der Waals surface area contributed by atoms with Crippen molar-refractivity contribution in [2.24, 2.45) is 5.41 Å². The summed E-state index contributed by atoms with van der Waals surface area (Å²) in [4.78, 5) is 21.8. The summed E-state index contributed by atoms with van der Waals surface area (Å²) in [6, 6.07) is 2.77. The highest BCUT2D eigenvalue weighted by atomic mass is 19.1. The van der Waals surface area contributed by atoms with Crippen molar-refractivity contribution in [1.29, 1.82) is 0 Å². The van der Waals surface area contributed by atoms with Crippen molar-refractivity contribution >= 4 is 11.6 Å². The number of halogens is 1. The number of carbonyl (C=O) groups excluding carboxylic acids is 1. The Balaban J connectivity index is 2.74. The van der Waals surface area contributed by atoms with E-state index in [1.165, 1.54) is 0 Å². The van der Waals surface area contributed by atoms with Gasteiger partial charge in [0.1, 0.15) is 5.82 Å². The third-order valence-corrected chi connectivity index (χ3v) is 3.09. The molecule has 0 aliphatic rings. The van der Waals surface area contributed by atoms with E-state index in [4.69, 9.17) is 5.11 Å². The number of nitrogens with one attached hydrogen (secondary N) is 1. The van der Waals surface area contributed by atoms with Gasteiger partial charge in [-0.25, -0.2) is 4.39 Å². The van der Waals surface area contributed by atoms with Crippen LogP contribution >= 0.6 is 0 Å². The number of non-ortho nitro benzene ring substituents is 1. The van der Waals surface area contributed by atoms with E-state index in [1.54, 1.807) is 0 Å². The molecular formula is C14H19FN2O4. The van der Waals surface area contributed by atoms with Crippen molar-refractivity contribution in [3.8, 4) is 0 Å². The number of carbonyl (C=O) groups is 1. The Morgan fingerprint density at radius 1 is 1.43 bits per heavy atom. The first-order valence-corrected chi connectivity index (χ1v) is 6.59. The van der Waals surface area contributed by atoms with Crippen LogP contribution in [-0.4, -0.2) is 29.1 Å². The lowest BCUT2D eigenvalue weighted by Gasteiger charge is -2.24. The van der Waals surface area contributed by atoms with E-state index in [0.29, 0.717) is 19.4 Å². The van der Waals surface area contributed by atoms with E-state index in [0.717, 1.165) is 18.2 Å². The van der Waals surface area contributed by atoms with Gasteiger partial charge in [0.05, 0.1) is 11.0 Å². The van der Waals surface area contributed by atoms with Gasteiger partial charge in [-0.15, -0.1) is 0 Å². The second-order valence-electron chi connectivity index (χ2n) is 5.63. The minimum absolute atomic E-state index is 0.0769. The molecular weight excluding hydrogens is 279 g/mol. The number of aliphatic hydroxyl groups is 1. The Morgan fingerprint density at radius 3 is 2.67 bits per heavy atom. The molecule has 116 valence electrons. The molecule has 0 aliphatic heterocycles. The summed E-state index contributed by atoms with van der Waals surface area (Å²) < 4.78 is 13.3. The van der Waals surface area contributed by atoms with Gasteiger partial charge >= 0.3 is 0 Å². The topological polar surface area (TPSA) is 92.5 Å². The molecule has 0 saturated heterocycles. The van der Waals surface area contributed by atoms with Gasteiger partial charge in [0, 0.05) is 24.8 Å². The van der Waals surface area contributed by atoms with Crippen LogP contribution in [0.2, 0.25) is 0 Å². The molecule has 0 atom stereocenters. The number of benzene rings is 1. The molecule has 1 aromatic rings. The van der Waals surface area contributed by atoms with Crippen LogP contribution in [0.25, 0.3) is 0 Å². The van der Waals surface area contributed by atoms with E-state index < -0.39 is 22.3 Å². The lowest BCUT2D eigenvalue weighted by molar-refractivity contribution is -0.385. The predicted molar refractivity (Wildman–Crippen MR) is 75.5 cm³/mol. The second-order valence-corrected chi connectivity index (χ2v) is 5.63. The highest BCUT2D eigenvalue weighted by molar-refractivity contribution is 5.94. The third-order valence-electron chi connectivity index (χ3n) is 3.09. The molecule has 0 aliphatic carbocycles. The Kier molecular flexibility index (Phi) is 5.78. The zero-order valence-corrected chi connectivity index (χ0v) is 12.1. The fraction of sp³-hybridized carbons (Fsp3) is 0.500. The number of nitro benzene ring substituents is 1. The van der Waals surface area contributed by atoms with Crippen LogP contribution in [0, 0.1) is 21.3 Å². The molecule has 1 amide bonds. The van der Waals surface area contributed by atoms with Crippen LogP contribution in [0.3, 0.4) is 0 Å². The highest BCUT2D eigenvalue weighted by Crippen LogP contribution is 2.21. The smallest absolute Gasteiger partial charge is 0.273 e. The lowest BCUT2D eigenvalue weighted by atomic mass is 9.88. The molecule has 7 heteroatoms. The van der Waals surface area contributed by atoms with Gasteiger partial charge in [-0.05, 0) is 24.3 Å². The molecule has 21 heavy (non-hydrogen) atoms. The second kappa shape index (κ2) is 7.12. The predicted octanol–water partition coefficient (Wildman–Crippen LogP) is 2.26. The first-order chi connectivity index (χ1) is 9.75. The van der Waals surface area contributed by atoms with E-state index in [2.05, 4.69) is 5.32 Å². The van der Waals surface area contributed by atoms with Crippen molar-refractivity contribution in [2.45, 2.75) is 26.7 Å². The molecule has 6 nitrogen and oxygen atoms in total. The zero-order chi connectivity index (χ0) is 16.0. The molecule has 1 rings (SSSR count). The quantitative estimate of drug-likeness (QED) is 0.596. The van der Waals surface area contributed by atoms with E-state index in [1.807, 2.05) is 13.8 Å². The summed E-state index contributed by atoms with van der Waals surface area (Å²) in [5.41, 5.74) is -0.767. The Morgan fingerprint density at radius 2 is 2.10 bits per heavy atom. The number of aliphatic hydroxyl groups excluding tert-OH is 1. The number of nitrogens with zero attached hydrogens (tertiary/aromatic N) is 1. The normalized spacial score (nSPS) is 11.2. The first kappa shape index (κ1) is 17.0. The number of amides is 1. The minimum Gasteiger partial charge on any atom is -0.396 e. The van der Waals surface area contributed by atoms with Crippen molar-refractivity contribution < 1.29 is 19.2 Å². The molecule has 1 aromatic carbocycles. The van der Waals surface area contributed by atoms with Gasteiger partial charge < -0.3 is 10.4 Å². The third kappa shape index (κ3) is 5.47. The number of hydrogen-bond acceptors (Lipinski definition) is 4. The fourth-order valence-electron chi connectivity index (χ4n) is 1.88. The van der Waals surface area contributed by atoms with Gasteiger partial charge in [0.15, 0.2) is 0 Å². The Hall–Kier alpha value is -2.02. The van der Waals surface area contributed by atoms with E-state index in [-0.39, 0.29) is 17.6 Å². The lowest BCUT2D eigenvalue weighted by Crippen LogP contribution is -2.34. The van der Waals surface area contributed by atoms with Gasteiger partial charge in [-0.2, -0.15) is 0 Å². The number of rotatable bonds is 7. The molecule has 0 aromatic heterocycles. The van der Waals surface area contributed by atoms with E-state index >= 15 is 0 Å². The largest absolute Gasteiger partial charge is 0.396 e. The maximum Gasteiger partial charge on any atom is 0.273 e. The van der Waals surface area contributed by atoms with E-state index in [9.17, 15) is 19.3 Å². The molecule has 2 N–H and O–H groups in total. The van der Waals surface area contributed by atoms with Crippen LogP contribution in [0.15, 0.2) is 18.2 Å². The number of hydrogen-bond donors (Lipinski definition) is 2. The Bertz CT molecular complexity index is 532. The van der Waals surface area contributed by atoms with Crippen molar-refractivity contribution in [2.75, 3.05) is 13.2 Å². The number of nitro groups is 1. The van der Waals surface area contributed by atoms with Gasteiger partial charge in [-0.3, -0.25) is 14.9 Å². The van der Waals surface area contributed by atoms with Crippen LogP contribution in [-0.2, 0) is 0 Å². The maximum absolute atomic E-state index is 13.3. The Labute approximate surface area is 122 Å². The van der Waals surface area contributed by atoms with Gasteiger partial charge in [0.2, 0.25) is 0 Å². The molecule has 0 radical (unpaired) electrons. The summed E-state index contributed by atoms with van der Waals surface area (Å²) in [6.07, 6.45) is 1.33. The molecule has 0 spiro atoms. The molecule has 0 bridgehead atoms. The van der Waals surface area contributed by atoms with Crippen LogP contribution in [0.1, 0.15) is 37.0 Å². The molecule has 0 saturated carbocycles. The molecule has 0 fully saturated rings. The summed E-state index contributed by atoms with van der Waals surface area (Å²) in [6.45, 7) is 4.26. The SMILES string of the molecule is CC(C)(CCCO)CNC(=O)c1cc(F)cc([N+](=O)[O-])c1. The summed E-state index contributed by atoms with van der Waals surface area (Å²) in [5.74, 6) is -1.39. The molecule has 0 unspecified atom stereocenters. The minimum atomic E-state index is -0.825. The zero-order valence-electron chi connectivity index (χ0n) is 12.1. The van der Waals surface area contributed by atoms with Crippen LogP contribution < -0.4 is 5.32 Å². The molecule has 0 heterocycles. The van der Waals surface area contributed by atoms with Crippen molar-refractivity contribution in [3.05, 3.63) is 39.7 Å². The van der Waals surface area contributed by atoms with Crippen molar-refractivity contribution in [3.63, 3.8) is 0 Å². The summed E-state index contributed by atoms with van der Waals surface area (Å²) in [7, 11) is 0. The monoisotopic (exact) mass is 298 g/mol. The van der Waals surface area contributed by atoms with Crippen molar-refractivity contribution in [1.82, 2.24) is 5.32 Å². The fourth-order valence-corrected chi connectivity index (χ4v) is 1.88. The highest BCUT2D eigenvalue weighted by Gasteiger charge is 2.20. The summed E-state index contributed by atoms with van der Waals surface area (Å²) >= 11 is 0. The average molecular weight is 298 g/mol.